The first kappa shape index (κ1) is 78.1. The predicted molar refractivity (Wildman–Crippen MR) is 353 cm³/mol. The number of phosphoric ester groups is 1. The zero-order chi connectivity index (χ0) is 59.8. The van der Waals surface area contributed by atoms with Crippen LogP contribution in [0.5, 0.6) is 0 Å². The van der Waals surface area contributed by atoms with Crippen molar-refractivity contribution in [3.63, 3.8) is 0 Å². The second-order valence-electron chi connectivity index (χ2n) is 22.7. The predicted octanol–water partition coefficient (Wildman–Crippen LogP) is 21.3. The fourth-order valence-corrected chi connectivity index (χ4v) is 9.44. The van der Waals surface area contributed by atoms with Crippen molar-refractivity contribution < 1.29 is 42.1 Å². The lowest BCUT2D eigenvalue weighted by Crippen LogP contribution is -2.37. The molecular weight excluding hydrogens is 1040 g/mol. The van der Waals surface area contributed by atoms with E-state index in [0.29, 0.717) is 17.4 Å². The molecule has 0 fully saturated rings. The first-order valence-corrected chi connectivity index (χ1v) is 34.4. The van der Waals surface area contributed by atoms with Crippen LogP contribution in [0.15, 0.2) is 134 Å². The monoisotopic (exact) mass is 1160 g/mol. The average molecular weight is 1160 g/mol. The van der Waals surface area contributed by atoms with Crippen molar-refractivity contribution >= 4 is 19.8 Å². The van der Waals surface area contributed by atoms with Gasteiger partial charge in [-0.25, -0.2) is 4.57 Å². The highest BCUT2D eigenvalue weighted by Crippen LogP contribution is 2.43. The van der Waals surface area contributed by atoms with Crippen molar-refractivity contribution in [3.8, 4) is 0 Å². The molecule has 2 atom stereocenters. The SMILES string of the molecule is CC/C=C\C/C=C\C/C=C\C/C=C\C/C=C\C/C=C\CCCCCCCCCCCCC(=O)OC(COC(=O)CCCCCCCCCCCCCCC/C=C\C/C=C\C/C=C\C/C=C\C/C=C\CC)COP(=O)(O)OCC[N+](C)(C)C. The number of hydrogen-bond donors (Lipinski definition) is 1. The third kappa shape index (κ3) is 65.3. The first-order chi connectivity index (χ1) is 40.0. The Labute approximate surface area is 504 Å². The van der Waals surface area contributed by atoms with E-state index in [1.807, 2.05) is 21.1 Å². The molecule has 2 unspecified atom stereocenters. The van der Waals surface area contributed by atoms with E-state index in [1.165, 1.54) is 109 Å². The molecular formula is C72H123NO8P+. The Morgan fingerprint density at radius 2 is 0.659 bits per heavy atom. The van der Waals surface area contributed by atoms with Crippen molar-refractivity contribution in [2.45, 2.75) is 264 Å². The molecule has 0 bridgehead atoms. The molecule has 0 spiro atoms. The van der Waals surface area contributed by atoms with E-state index in [0.717, 1.165) is 116 Å². The lowest BCUT2D eigenvalue weighted by Gasteiger charge is -2.24. The number of ether oxygens (including phenoxy) is 2. The Morgan fingerprint density at radius 3 is 0.976 bits per heavy atom. The Balaban J connectivity index is 4.13. The van der Waals surface area contributed by atoms with Crippen LogP contribution < -0.4 is 0 Å². The third-order valence-electron chi connectivity index (χ3n) is 13.7. The van der Waals surface area contributed by atoms with Gasteiger partial charge in [0.1, 0.15) is 19.8 Å². The Morgan fingerprint density at radius 1 is 0.378 bits per heavy atom. The van der Waals surface area contributed by atoms with Crippen LogP contribution in [0.25, 0.3) is 0 Å². The summed E-state index contributed by atoms with van der Waals surface area (Å²) < 4.78 is 34.7. The van der Waals surface area contributed by atoms with Gasteiger partial charge >= 0.3 is 19.8 Å². The minimum atomic E-state index is -4.40. The molecule has 0 aliphatic heterocycles. The fraction of sp³-hybridized carbons (Fsp3) is 0.667. The van der Waals surface area contributed by atoms with Crippen LogP contribution in [0.2, 0.25) is 0 Å². The molecule has 0 aromatic rings. The molecule has 82 heavy (non-hydrogen) atoms. The molecule has 0 aromatic carbocycles. The minimum Gasteiger partial charge on any atom is -0.462 e. The van der Waals surface area contributed by atoms with Gasteiger partial charge in [0.25, 0.3) is 0 Å². The van der Waals surface area contributed by atoms with Gasteiger partial charge in [-0.1, -0.05) is 270 Å². The highest BCUT2D eigenvalue weighted by atomic mass is 31.2. The number of phosphoric acid groups is 1. The standard InChI is InChI=1S/C72H122NO8P/c1-6-8-10-12-14-16-18-20-22-24-26-28-30-32-34-36-38-40-42-44-46-48-50-52-54-56-58-60-62-64-71(74)78-68-70(69-80-82(76,77)79-67-66-73(3,4)5)81-72(75)65-63-61-59-57-55-53-51-49-47-45-43-41-39-37-35-33-31-29-27-25-23-21-19-17-15-13-11-9-7-2/h8-11,14-17,20-23,26-29,32-35,39,41,70H,6-7,12-13,18-19,24-25,30-31,36-38,40,42-69H2,1-5H3/p+1/b10-8-,11-9-,16-14-,17-15-,22-20-,23-21-,28-26-,29-27-,34-32-,35-33-,41-39-. The summed E-state index contributed by atoms with van der Waals surface area (Å²) >= 11 is 0. The smallest absolute Gasteiger partial charge is 0.462 e. The number of hydrogen-bond acceptors (Lipinski definition) is 7. The molecule has 0 aromatic heterocycles. The number of esters is 2. The van der Waals surface area contributed by atoms with Crippen molar-refractivity contribution in [2.75, 3.05) is 47.5 Å². The number of quaternary nitrogens is 1. The highest BCUT2D eigenvalue weighted by Gasteiger charge is 2.27. The second kappa shape index (κ2) is 61.7. The van der Waals surface area contributed by atoms with Crippen LogP contribution in [0, 0.1) is 0 Å². The van der Waals surface area contributed by atoms with E-state index >= 15 is 0 Å². The molecule has 468 valence electrons. The van der Waals surface area contributed by atoms with E-state index < -0.39 is 26.5 Å². The second-order valence-corrected chi connectivity index (χ2v) is 24.2. The summed E-state index contributed by atoms with van der Waals surface area (Å²) in [7, 11) is 1.46. The molecule has 0 radical (unpaired) electrons. The van der Waals surface area contributed by atoms with Gasteiger partial charge in [0.05, 0.1) is 27.7 Å². The molecule has 1 N–H and O–H groups in total. The van der Waals surface area contributed by atoms with E-state index in [2.05, 4.69) is 148 Å². The van der Waals surface area contributed by atoms with Gasteiger partial charge in [0.15, 0.2) is 6.10 Å². The summed E-state index contributed by atoms with van der Waals surface area (Å²) in [6.45, 7) is 4.20. The Bertz CT molecular complexity index is 1850. The van der Waals surface area contributed by atoms with E-state index in [-0.39, 0.29) is 32.0 Å². The number of allylic oxidation sites excluding steroid dienone is 22. The topological polar surface area (TPSA) is 108 Å². The normalized spacial score (nSPS) is 14.1. The maximum atomic E-state index is 12.9. The van der Waals surface area contributed by atoms with Gasteiger partial charge in [-0.05, 0) is 109 Å². The highest BCUT2D eigenvalue weighted by molar-refractivity contribution is 7.47. The lowest BCUT2D eigenvalue weighted by molar-refractivity contribution is -0.870. The lowest BCUT2D eigenvalue weighted by atomic mass is 10.0. The van der Waals surface area contributed by atoms with Crippen molar-refractivity contribution in [1.29, 1.82) is 0 Å². The van der Waals surface area contributed by atoms with Gasteiger partial charge in [-0.2, -0.15) is 0 Å². The molecule has 10 heteroatoms. The molecule has 0 rings (SSSR count). The van der Waals surface area contributed by atoms with Crippen LogP contribution in [-0.4, -0.2) is 74.9 Å². The Kier molecular flexibility index (Phi) is 58.8. The Hall–Kier alpha value is -3.85. The third-order valence-corrected chi connectivity index (χ3v) is 14.7. The van der Waals surface area contributed by atoms with E-state index in [1.54, 1.807) is 0 Å². The quantitative estimate of drug-likeness (QED) is 0.0211. The van der Waals surface area contributed by atoms with Crippen LogP contribution in [0.1, 0.15) is 258 Å². The minimum absolute atomic E-state index is 0.0246. The summed E-state index contributed by atoms with van der Waals surface area (Å²) in [6.07, 6.45) is 89.6. The number of carbonyl (C=O) groups excluding carboxylic acids is 2. The molecule has 0 aliphatic rings. The fourth-order valence-electron chi connectivity index (χ4n) is 8.69. The summed E-state index contributed by atoms with van der Waals surface area (Å²) in [5, 5.41) is 0. The number of likely N-dealkylation sites (N-methyl/N-ethyl adjacent to an activating group) is 1. The molecule has 0 saturated carbocycles. The van der Waals surface area contributed by atoms with Gasteiger partial charge in [-0.15, -0.1) is 0 Å². The maximum Gasteiger partial charge on any atom is 0.472 e. The van der Waals surface area contributed by atoms with Gasteiger partial charge in [0, 0.05) is 12.8 Å². The van der Waals surface area contributed by atoms with Gasteiger partial charge in [-0.3, -0.25) is 18.6 Å². The molecule has 0 saturated heterocycles. The summed E-state index contributed by atoms with van der Waals surface area (Å²) in [5.41, 5.74) is 0. The number of rotatable bonds is 59. The van der Waals surface area contributed by atoms with Gasteiger partial charge in [0.2, 0.25) is 0 Å². The molecule has 0 aliphatic carbocycles. The first-order valence-electron chi connectivity index (χ1n) is 32.9. The zero-order valence-corrected chi connectivity index (χ0v) is 54.1. The molecule has 0 heterocycles. The number of nitrogens with zero attached hydrogens (tertiary/aromatic N) is 1. The van der Waals surface area contributed by atoms with Crippen LogP contribution in [-0.2, 0) is 32.7 Å². The largest absolute Gasteiger partial charge is 0.472 e. The molecule has 9 nitrogen and oxygen atoms in total. The van der Waals surface area contributed by atoms with Crippen molar-refractivity contribution in [3.05, 3.63) is 134 Å². The van der Waals surface area contributed by atoms with Crippen LogP contribution in [0.3, 0.4) is 0 Å². The van der Waals surface area contributed by atoms with Crippen LogP contribution in [0.4, 0.5) is 0 Å². The summed E-state index contributed by atoms with van der Waals surface area (Å²) in [5.74, 6) is -0.807. The van der Waals surface area contributed by atoms with Crippen molar-refractivity contribution in [1.82, 2.24) is 0 Å². The summed E-state index contributed by atoms with van der Waals surface area (Å²) in [6, 6.07) is 0. The number of carbonyl (C=O) groups is 2. The van der Waals surface area contributed by atoms with Crippen LogP contribution >= 0.6 is 7.82 Å². The van der Waals surface area contributed by atoms with E-state index in [4.69, 9.17) is 18.5 Å². The molecule has 0 amide bonds. The number of unbranched alkanes of at least 4 members (excludes halogenated alkanes) is 23. The summed E-state index contributed by atoms with van der Waals surface area (Å²) in [4.78, 5) is 35.8. The average Bonchev–Trinajstić information content (AvgIpc) is 3.45. The van der Waals surface area contributed by atoms with E-state index in [9.17, 15) is 19.0 Å². The zero-order valence-electron chi connectivity index (χ0n) is 53.2. The van der Waals surface area contributed by atoms with Crippen molar-refractivity contribution in [2.24, 2.45) is 0 Å². The van der Waals surface area contributed by atoms with Gasteiger partial charge < -0.3 is 18.9 Å². The maximum absolute atomic E-state index is 12.9.